The van der Waals surface area contributed by atoms with E-state index in [-0.39, 0.29) is 5.75 Å². The lowest BCUT2D eigenvalue weighted by Gasteiger charge is -2.10. The molecule has 2 N–H and O–H groups in total. The number of ether oxygens (including phenoxy) is 1. The zero-order chi connectivity index (χ0) is 14.4. The van der Waals surface area contributed by atoms with Gasteiger partial charge in [0.1, 0.15) is 5.75 Å². The van der Waals surface area contributed by atoms with E-state index in [1.807, 2.05) is 24.3 Å². The molecule has 0 heterocycles. The topological polar surface area (TPSA) is 67.4 Å². The van der Waals surface area contributed by atoms with E-state index in [2.05, 4.69) is 10.0 Å². The van der Waals surface area contributed by atoms with E-state index < -0.39 is 10.0 Å². The van der Waals surface area contributed by atoms with E-state index in [0.29, 0.717) is 25.6 Å². The normalized spacial score (nSPS) is 15.2. The minimum absolute atomic E-state index is 0.134. The first-order chi connectivity index (χ1) is 9.61. The lowest BCUT2D eigenvalue weighted by atomic mass is 10.1. The van der Waals surface area contributed by atoms with Gasteiger partial charge in [0.05, 0.1) is 12.9 Å². The summed E-state index contributed by atoms with van der Waals surface area (Å²) in [4.78, 5) is 0. The van der Waals surface area contributed by atoms with Crippen molar-refractivity contribution in [2.45, 2.75) is 25.3 Å². The maximum absolute atomic E-state index is 11.8. The molecule has 0 radical (unpaired) electrons. The maximum Gasteiger partial charge on any atom is 0.212 e. The number of hydrogen-bond acceptors (Lipinski definition) is 4. The minimum atomic E-state index is -3.19. The first-order valence-corrected chi connectivity index (χ1v) is 8.58. The van der Waals surface area contributed by atoms with Crippen LogP contribution in [0.1, 0.15) is 18.4 Å². The fraction of sp³-hybridized carbons (Fsp3) is 0.571. The van der Waals surface area contributed by atoms with Gasteiger partial charge in [-0.3, -0.25) is 0 Å². The van der Waals surface area contributed by atoms with Crippen molar-refractivity contribution in [1.82, 2.24) is 10.0 Å². The fourth-order valence-electron chi connectivity index (χ4n) is 2.01. The van der Waals surface area contributed by atoms with E-state index >= 15 is 0 Å². The second kappa shape index (κ2) is 7.06. The molecule has 20 heavy (non-hydrogen) atoms. The number of nitrogens with one attached hydrogen (secondary N) is 2. The second-order valence-electron chi connectivity index (χ2n) is 5.00. The zero-order valence-corrected chi connectivity index (χ0v) is 12.6. The van der Waals surface area contributed by atoms with Crippen LogP contribution in [0.3, 0.4) is 0 Å². The lowest BCUT2D eigenvalue weighted by molar-refractivity contribution is 0.409. The first kappa shape index (κ1) is 15.3. The number of rotatable bonds is 9. The maximum atomic E-state index is 11.8. The molecule has 0 spiro atoms. The van der Waals surface area contributed by atoms with Gasteiger partial charge >= 0.3 is 0 Å². The van der Waals surface area contributed by atoms with Gasteiger partial charge in [-0.05, 0) is 30.9 Å². The van der Waals surface area contributed by atoms with Gasteiger partial charge in [-0.15, -0.1) is 0 Å². The molecule has 1 aromatic rings. The van der Waals surface area contributed by atoms with Crippen molar-refractivity contribution in [2.75, 3.05) is 26.0 Å². The Morgan fingerprint density at radius 3 is 2.70 bits per heavy atom. The third-order valence-electron chi connectivity index (χ3n) is 3.29. The molecule has 0 amide bonds. The van der Waals surface area contributed by atoms with Crippen molar-refractivity contribution >= 4 is 10.0 Å². The SMILES string of the molecule is COc1ccccc1CCNS(=O)(=O)CCNC1CC1. The summed E-state index contributed by atoms with van der Waals surface area (Å²) in [5, 5.41) is 3.20. The molecule has 1 fully saturated rings. The van der Waals surface area contributed by atoms with Gasteiger partial charge in [0.25, 0.3) is 0 Å². The van der Waals surface area contributed by atoms with Crippen molar-refractivity contribution in [3.05, 3.63) is 29.8 Å². The molecule has 1 aliphatic carbocycles. The highest BCUT2D eigenvalue weighted by Crippen LogP contribution is 2.18. The molecule has 1 saturated carbocycles. The average molecular weight is 298 g/mol. The summed E-state index contributed by atoms with van der Waals surface area (Å²) in [6, 6.07) is 8.19. The van der Waals surface area contributed by atoms with Gasteiger partial charge in [0, 0.05) is 19.1 Å². The van der Waals surface area contributed by atoms with Crippen LogP contribution in [-0.4, -0.2) is 40.4 Å². The summed E-state index contributed by atoms with van der Waals surface area (Å²) < 4.78 is 31.5. The third kappa shape index (κ3) is 5.11. The van der Waals surface area contributed by atoms with Crippen molar-refractivity contribution in [3.8, 4) is 5.75 Å². The van der Waals surface area contributed by atoms with Crippen molar-refractivity contribution in [2.24, 2.45) is 0 Å². The van der Waals surface area contributed by atoms with Crippen LogP contribution in [0.25, 0.3) is 0 Å². The predicted molar refractivity (Wildman–Crippen MR) is 79.5 cm³/mol. The molecule has 0 aliphatic heterocycles. The molecule has 5 nitrogen and oxygen atoms in total. The largest absolute Gasteiger partial charge is 0.496 e. The molecule has 112 valence electrons. The summed E-state index contributed by atoms with van der Waals surface area (Å²) in [6.45, 7) is 0.917. The Balaban J connectivity index is 1.73. The van der Waals surface area contributed by atoms with Gasteiger partial charge < -0.3 is 10.1 Å². The van der Waals surface area contributed by atoms with Crippen molar-refractivity contribution < 1.29 is 13.2 Å². The summed E-state index contributed by atoms with van der Waals surface area (Å²) >= 11 is 0. The molecule has 0 saturated heterocycles. The Labute approximate surface area is 120 Å². The number of hydrogen-bond donors (Lipinski definition) is 2. The Bertz CT molecular complexity index is 527. The Morgan fingerprint density at radius 1 is 1.25 bits per heavy atom. The van der Waals surface area contributed by atoms with Crippen molar-refractivity contribution in [1.29, 1.82) is 0 Å². The minimum Gasteiger partial charge on any atom is -0.496 e. The molecule has 2 rings (SSSR count). The highest BCUT2D eigenvalue weighted by atomic mass is 32.2. The van der Waals surface area contributed by atoms with Gasteiger partial charge in [0.15, 0.2) is 0 Å². The molecule has 0 aromatic heterocycles. The van der Waals surface area contributed by atoms with Gasteiger partial charge in [-0.25, -0.2) is 13.1 Å². The number of sulfonamides is 1. The van der Waals surface area contributed by atoms with Gasteiger partial charge in [0.2, 0.25) is 10.0 Å². The van der Waals surface area contributed by atoms with Crippen LogP contribution >= 0.6 is 0 Å². The van der Waals surface area contributed by atoms with Crippen LogP contribution in [0.4, 0.5) is 0 Å². The average Bonchev–Trinajstić information content (AvgIpc) is 3.23. The molecular weight excluding hydrogens is 276 g/mol. The second-order valence-corrected chi connectivity index (χ2v) is 6.93. The predicted octanol–water partition coefficient (Wildman–Crippen LogP) is 0.909. The highest BCUT2D eigenvalue weighted by molar-refractivity contribution is 7.89. The Kier molecular flexibility index (Phi) is 5.39. The lowest BCUT2D eigenvalue weighted by Crippen LogP contribution is -2.33. The number of para-hydroxylation sites is 1. The Morgan fingerprint density at radius 2 is 2.00 bits per heavy atom. The van der Waals surface area contributed by atoms with E-state index in [0.717, 1.165) is 11.3 Å². The number of benzene rings is 1. The standard InChI is InChI=1S/C14H22N2O3S/c1-19-14-5-3-2-4-12(14)8-9-16-20(17,18)11-10-15-13-6-7-13/h2-5,13,15-16H,6-11H2,1H3. The van der Waals surface area contributed by atoms with E-state index in [4.69, 9.17) is 4.74 Å². The summed E-state index contributed by atoms with van der Waals surface area (Å²) in [7, 11) is -1.57. The third-order valence-corrected chi connectivity index (χ3v) is 4.68. The molecule has 0 bridgehead atoms. The van der Waals surface area contributed by atoms with Crippen LogP contribution in [0, 0.1) is 0 Å². The summed E-state index contributed by atoms with van der Waals surface area (Å²) in [6.07, 6.45) is 2.96. The van der Waals surface area contributed by atoms with Gasteiger partial charge in [-0.2, -0.15) is 0 Å². The Hall–Kier alpha value is -1.11. The van der Waals surface area contributed by atoms with Crippen LogP contribution in [-0.2, 0) is 16.4 Å². The van der Waals surface area contributed by atoms with E-state index in [1.54, 1.807) is 7.11 Å². The van der Waals surface area contributed by atoms with Crippen molar-refractivity contribution in [3.63, 3.8) is 0 Å². The van der Waals surface area contributed by atoms with Gasteiger partial charge in [-0.1, -0.05) is 18.2 Å². The summed E-state index contributed by atoms with van der Waals surface area (Å²) in [5.74, 6) is 0.928. The van der Waals surface area contributed by atoms with Crippen LogP contribution in [0.2, 0.25) is 0 Å². The van der Waals surface area contributed by atoms with Crippen LogP contribution in [0.15, 0.2) is 24.3 Å². The smallest absolute Gasteiger partial charge is 0.212 e. The van der Waals surface area contributed by atoms with E-state index in [9.17, 15) is 8.42 Å². The van der Waals surface area contributed by atoms with Crippen LogP contribution < -0.4 is 14.8 Å². The first-order valence-electron chi connectivity index (χ1n) is 6.93. The highest BCUT2D eigenvalue weighted by Gasteiger charge is 2.21. The molecule has 1 aliphatic rings. The molecule has 0 atom stereocenters. The zero-order valence-electron chi connectivity index (χ0n) is 11.8. The number of methoxy groups -OCH3 is 1. The molecule has 6 heteroatoms. The molecule has 1 aromatic carbocycles. The molecular formula is C14H22N2O3S. The quantitative estimate of drug-likeness (QED) is 0.711. The summed E-state index contributed by atoms with van der Waals surface area (Å²) in [5.41, 5.74) is 1.01. The van der Waals surface area contributed by atoms with E-state index in [1.165, 1.54) is 12.8 Å². The fourth-order valence-corrected chi connectivity index (χ4v) is 2.95. The monoisotopic (exact) mass is 298 g/mol. The van der Waals surface area contributed by atoms with Crippen LogP contribution in [0.5, 0.6) is 5.75 Å². The molecule has 0 unspecified atom stereocenters.